The SMILES string of the molecule is Nc1cc[n+]([O-])c(NCCCOc2ccc3c(c2)CNC(=O)C(CC(=O)O)C3)c1. The zero-order valence-corrected chi connectivity index (χ0v) is 15.9. The largest absolute Gasteiger partial charge is 0.711 e. The van der Waals surface area contributed by atoms with E-state index in [1.54, 1.807) is 6.07 Å². The van der Waals surface area contributed by atoms with E-state index in [0.29, 0.717) is 49.8 Å². The van der Waals surface area contributed by atoms with Crippen LogP contribution in [-0.2, 0) is 22.6 Å². The molecule has 29 heavy (non-hydrogen) atoms. The van der Waals surface area contributed by atoms with Gasteiger partial charge >= 0.3 is 5.97 Å². The molecule has 0 aliphatic carbocycles. The number of rotatable bonds is 8. The Labute approximate surface area is 168 Å². The lowest BCUT2D eigenvalue weighted by Crippen LogP contribution is -2.30. The number of carboxylic acid groups (broad SMARTS) is 1. The van der Waals surface area contributed by atoms with E-state index >= 15 is 0 Å². The van der Waals surface area contributed by atoms with Crippen LogP contribution in [0.5, 0.6) is 5.75 Å². The second kappa shape index (κ2) is 9.13. The number of fused-ring (bicyclic) bond motifs is 1. The smallest absolute Gasteiger partial charge is 0.304 e. The number of nitrogens with two attached hydrogens (primary N) is 1. The second-order valence-corrected chi connectivity index (χ2v) is 6.95. The van der Waals surface area contributed by atoms with Gasteiger partial charge < -0.3 is 26.1 Å². The number of amides is 1. The molecule has 1 aromatic carbocycles. The summed E-state index contributed by atoms with van der Waals surface area (Å²) in [6, 6.07) is 8.68. The number of anilines is 2. The van der Waals surface area contributed by atoms with Crippen molar-refractivity contribution in [3.63, 3.8) is 0 Å². The number of nitrogen functional groups attached to an aromatic ring is 1. The number of pyridine rings is 1. The van der Waals surface area contributed by atoms with Crippen LogP contribution in [0.25, 0.3) is 0 Å². The van der Waals surface area contributed by atoms with Crippen molar-refractivity contribution in [3.05, 3.63) is 52.9 Å². The maximum Gasteiger partial charge on any atom is 0.304 e. The van der Waals surface area contributed by atoms with Crippen LogP contribution in [0.3, 0.4) is 0 Å². The summed E-state index contributed by atoms with van der Waals surface area (Å²) in [6.07, 6.45) is 2.23. The summed E-state index contributed by atoms with van der Waals surface area (Å²) < 4.78 is 6.48. The van der Waals surface area contributed by atoms with Gasteiger partial charge in [0.2, 0.25) is 5.91 Å². The Morgan fingerprint density at radius 2 is 2.17 bits per heavy atom. The van der Waals surface area contributed by atoms with Crippen molar-refractivity contribution in [2.24, 2.45) is 5.92 Å². The highest BCUT2D eigenvalue weighted by atomic mass is 16.5. The third kappa shape index (κ3) is 5.50. The molecule has 0 saturated heterocycles. The quantitative estimate of drug-likeness (QED) is 0.295. The van der Waals surface area contributed by atoms with Crippen LogP contribution in [-0.4, -0.2) is 30.1 Å². The molecule has 1 aromatic heterocycles. The number of carboxylic acids is 1. The van der Waals surface area contributed by atoms with Crippen molar-refractivity contribution in [1.82, 2.24) is 5.32 Å². The Morgan fingerprint density at radius 1 is 1.34 bits per heavy atom. The van der Waals surface area contributed by atoms with Crippen molar-refractivity contribution in [1.29, 1.82) is 0 Å². The Kier molecular flexibility index (Phi) is 6.38. The van der Waals surface area contributed by atoms with Gasteiger partial charge in [0.05, 0.1) is 37.8 Å². The van der Waals surface area contributed by atoms with Gasteiger partial charge in [0.25, 0.3) is 5.82 Å². The number of hydrogen-bond acceptors (Lipinski definition) is 6. The normalized spacial score (nSPS) is 15.7. The predicted molar refractivity (Wildman–Crippen MR) is 106 cm³/mol. The minimum atomic E-state index is -0.983. The summed E-state index contributed by atoms with van der Waals surface area (Å²) in [6.45, 7) is 1.34. The van der Waals surface area contributed by atoms with Gasteiger partial charge in [-0.25, -0.2) is 4.73 Å². The monoisotopic (exact) mass is 400 g/mol. The van der Waals surface area contributed by atoms with E-state index in [-0.39, 0.29) is 12.3 Å². The van der Waals surface area contributed by atoms with Crippen LogP contribution in [0.4, 0.5) is 11.5 Å². The number of hydrogen-bond donors (Lipinski definition) is 4. The molecule has 154 valence electrons. The molecule has 0 saturated carbocycles. The van der Waals surface area contributed by atoms with Crippen LogP contribution in [0.15, 0.2) is 36.5 Å². The lowest BCUT2D eigenvalue weighted by Gasteiger charge is -2.12. The van der Waals surface area contributed by atoms with E-state index in [2.05, 4.69) is 10.6 Å². The van der Waals surface area contributed by atoms with Crippen molar-refractivity contribution in [3.8, 4) is 5.75 Å². The zero-order chi connectivity index (χ0) is 20.8. The van der Waals surface area contributed by atoms with E-state index in [1.807, 2.05) is 18.2 Å². The van der Waals surface area contributed by atoms with E-state index in [4.69, 9.17) is 15.6 Å². The van der Waals surface area contributed by atoms with Crippen molar-refractivity contribution >= 4 is 23.4 Å². The Hall–Kier alpha value is -3.49. The lowest BCUT2D eigenvalue weighted by atomic mass is 9.94. The molecule has 1 aliphatic heterocycles. The fourth-order valence-electron chi connectivity index (χ4n) is 3.23. The average Bonchev–Trinajstić information content (AvgIpc) is 2.83. The van der Waals surface area contributed by atoms with Crippen molar-refractivity contribution < 1.29 is 24.2 Å². The first-order chi connectivity index (χ1) is 13.9. The van der Waals surface area contributed by atoms with Crippen LogP contribution in [0, 0.1) is 11.1 Å². The fraction of sp³-hybridized carbons (Fsp3) is 0.350. The van der Waals surface area contributed by atoms with Crippen LogP contribution < -0.4 is 25.8 Å². The molecule has 9 nitrogen and oxygen atoms in total. The highest BCUT2D eigenvalue weighted by Gasteiger charge is 2.26. The van der Waals surface area contributed by atoms with Gasteiger partial charge in [-0.2, -0.15) is 0 Å². The molecule has 1 atom stereocenters. The highest BCUT2D eigenvalue weighted by Crippen LogP contribution is 2.24. The van der Waals surface area contributed by atoms with Gasteiger partial charge in [0, 0.05) is 24.7 Å². The van der Waals surface area contributed by atoms with Gasteiger partial charge in [-0.1, -0.05) is 6.07 Å². The van der Waals surface area contributed by atoms with Gasteiger partial charge in [-0.15, -0.1) is 0 Å². The number of nitrogens with one attached hydrogen (secondary N) is 2. The molecule has 1 aliphatic rings. The predicted octanol–water partition coefficient (Wildman–Crippen LogP) is 1.05. The maximum atomic E-state index is 12.1. The van der Waals surface area contributed by atoms with Gasteiger partial charge in [0.1, 0.15) is 5.75 Å². The molecular weight excluding hydrogens is 376 g/mol. The standard InChI is InChI=1S/C20H24N4O5/c21-16-4-6-24(28)18(11-16)22-5-1-7-29-17-3-2-13-8-14(10-19(25)26)20(27)23-12-15(13)9-17/h2-4,6,9,11,14,22H,1,5,7-8,10,12,21H2,(H,23,27)(H,25,26). The average molecular weight is 400 g/mol. The van der Waals surface area contributed by atoms with Crippen molar-refractivity contribution in [2.75, 3.05) is 24.2 Å². The molecule has 5 N–H and O–H groups in total. The first-order valence-electron chi connectivity index (χ1n) is 9.39. The number of carbonyl (C=O) groups excluding carboxylic acids is 1. The summed E-state index contributed by atoms with van der Waals surface area (Å²) in [7, 11) is 0. The van der Waals surface area contributed by atoms with E-state index in [0.717, 1.165) is 15.9 Å². The molecule has 2 aromatic rings. The zero-order valence-electron chi connectivity index (χ0n) is 15.9. The summed E-state index contributed by atoms with van der Waals surface area (Å²) in [5.41, 5.74) is 8.06. The summed E-state index contributed by atoms with van der Waals surface area (Å²) >= 11 is 0. The molecule has 0 spiro atoms. The molecule has 0 fully saturated rings. The molecule has 0 bridgehead atoms. The van der Waals surface area contributed by atoms with Gasteiger partial charge in [0.15, 0.2) is 0 Å². The molecule has 0 radical (unpaired) electrons. The number of ether oxygens (including phenoxy) is 1. The first-order valence-corrected chi connectivity index (χ1v) is 9.39. The Morgan fingerprint density at radius 3 is 2.97 bits per heavy atom. The number of benzene rings is 1. The second-order valence-electron chi connectivity index (χ2n) is 6.95. The molecule has 3 rings (SSSR count). The van der Waals surface area contributed by atoms with Crippen LogP contribution >= 0.6 is 0 Å². The number of nitrogens with zero attached hydrogens (tertiary/aromatic N) is 1. The molecule has 2 heterocycles. The summed E-state index contributed by atoms with van der Waals surface area (Å²) in [5.74, 6) is -0.723. The number of aromatic nitrogens is 1. The van der Waals surface area contributed by atoms with E-state index in [1.165, 1.54) is 12.3 Å². The molecule has 1 amide bonds. The molecule has 9 heteroatoms. The third-order valence-electron chi connectivity index (χ3n) is 4.73. The first kappa shape index (κ1) is 20.2. The summed E-state index contributed by atoms with van der Waals surface area (Å²) in [5, 5.41) is 26.4. The Bertz CT molecular complexity index is 902. The topological polar surface area (TPSA) is 141 Å². The number of aliphatic carboxylic acids is 1. The highest BCUT2D eigenvalue weighted by molar-refractivity contribution is 5.84. The number of carbonyl (C=O) groups is 2. The minimum Gasteiger partial charge on any atom is -0.711 e. The van der Waals surface area contributed by atoms with Gasteiger partial charge in [-0.05, 0) is 29.7 Å². The van der Waals surface area contributed by atoms with Gasteiger partial charge in [-0.3, -0.25) is 14.9 Å². The third-order valence-corrected chi connectivity index (χ3v) is 4.73. The lowest BCUT2D eigenvalue weighted by molar-refractivity contribution is -0.590. The van der Waals surface area contributed by atoms with Crippen LogP contribution in [0.1, 0.15) is 24.0 Å². The van der Waals surface area contributed by atoms with E-state index in [9.17, 15) is 14.8 Å². The van der Waals surface area contributed by atoms with E-state index < -0.39 is 11.9 Å². The summed E-state index contributed by atoms with van der Waals surface area (Å²) in [4.78, 5) is 23.0. The Balaban J connectivity index is 1.51. The molecular formula is C20H24N4O5. The van der Waals surface area contributed by atoms with Crippen LogP contribution in [0.2, 0.25) is 0 Å². The molecule has 1 unspecified atom stereocenters. The maximum absolute atomic E-state index is 12.1. The fourth-order valence-corrected chi connectivity index (χ4v) is 3.23. The van der Waals surface area contributed by atoms with Crippen molar-refractivity contribution in [2.45, 2.75) is 25.8 Å². The minimum absolute atomic E-state index is 0.188.